The van der Waals surface area contributed by atoms with Gasteiger partial charge in [-0.25, -0.2) is 0 Å². The molecule has 0 unspecified atom stereocenters. The van der Waals surface area contributed by atoms with Crippen LogP contribution >= 0.6 is 31.9 Å². The lowest BCUT2D eigenvalue weighted by Gasteiger charge is -2.20. The van der Waals surface area contributed by atoms with Crippen molar-refractivity contribution in [1.82, 2.24) is 0 Å². The zero-order valence-corrected chi connectivity index (χ0v) is 24.8. The molecule has 0 radical (unpaired) electrons. The number of aryl methyl sites for hydroxylation is 2. The van der Waals surface area contributed by atoms with E-state index >= 15 is 0 Å². The minimum absolute atomic E-state index is 0.0134. The average Bonchev–Trinajstić information content (AvgIpc) is 2.93. The van der Waals surface area contributed by atoms with Crippen molar-refractivity contribution >= 4 is 53.4 Å². The quantitative estimate of drug-likeness (QED) is 0.153. The van der Waals surface area contributed by atoms with Crippen molar-refractivity contribution in [3.05, 3.63) is 105 Å². The summed E-state index contributed by atoms with van der Waals surface area (Å²) in [6, 6.07) is 26.3. The van der Waals surface area contributed by atoms with Crippen LogP contribution in [0, 0.1) is 13.8 Å². The second-order valence-electron chi connectivity index (χ2n) is 10.0. The Morgan fingerprint density at radius 3 is 1.20 bits per heavy atom. The van der Waals surface area contributed by atoms with Gasteiger partial charge in [-0.1, -0.05) is 48.5 Å². The molecular formula is C34H24Br2O4. The highest BCUT2D eigenvalue weighted by Gasteiger charge is 2.25. The molecule has 0 aromatic heterocycles. The molecule has 0 bridgehead atoms. The van der Waals surface area contributed by atoms with Crippen LogP contribution in [0.4, 0.5) is 0 Å². The normalized spacial score (nSPS) is 11.4. The van der Waals surface area contributed by atoms with E-state index in [-0.39, 0.29) is 23.0 Å². The van der Waals surface area contributed by atoms with Crippen LogP contribution in [0.1, 0.15) is 11.1 Å². The van der Waals surface area contributed by atoms with Gasteiger partial charge in [0, 0.05) is 33.4 Å². The molecule has 198 valence electrons. The molecule has 0 aliphatic rings. The fraction of sp³-hybridized carbons (Fsp3) is 0.0588. The van der Waals surface area contributed by atoms with Crippen LogP contribution in [0.25, 0.3) is 54.9 Å². The topological polar surface area (TPSA) is 80.9 Å². The van der Waals surface area contributed by atoms with Gasteiger partial charge in [-0.2, -0.15) is 0 Å². The van der Waals surface area contributed by atoms with E-state index in [2.05, 4.69) is 31.9 Å². The number of hydrogen-bond acceptors (Lipinski definition) is 4. The van der Waals surface area contributed by atoms with Crippen molar-refractivity contribution in [3.8, 4) is 56.4 Å². The maximum atomic E-state index is 12.0. The van der Waals surface area contributed by atoms with Crippen molar-refractivity contribution in [3.63, 3.8) is 0 Å². The highest BCUT2D eigenvalue weighted by Crippen LogP contribution is 2.53. The highest BCUT2D eigenvalue weighted by molar-refractivity contribution is 9.11. The minimum Gasteiger partial charge on any atom is -0.507 e. The molecule has 0 saturated carbocycles. The predicted octanol–water partition coefficient (Wildman–Crippen LogP) is 9.96. The standard InChI is InChI=1S/C34H24Br2O4/c1-17-11-23(31(37)27(35)13-17)25-15-19-7-3-5-9-21(19)29(33(25)39)30-22-10-6-4-8-20(22)16-26(34(30)40)24-12-18(2)14-28(36)32(24)38/h3-16,37-40H,1-2H3. The van der Waals surface area contributed by atoms with Gasteiger partial charge in [0.05, 0.1) is 8.95 Å². The number of hydrogen-bond donors (Lipinski definition) is 4. The first-order valence-corrected chi connectivity index (χ1v) is 14.2. The summed E-state index contributed by atoms with van der Waals surface area (Å²) in [5.41, 5.74) is 4.50. The third-order valence-electron chi connectivity index (χ3n) is 7.29. The van der Waals surface area contributed by atoms with Crippen molar-refractivity contribution < 1.29 is 20.4 Å². The third-order valence-corrected chi connectivity index (χ3v) is 8.50. The predicted molar refractivity (Wildman–Crippen MR) is 169 cm³/mol. The summed E-state index contributed by atoms with van der Waals surface area (Å²) in [5, 5.41) is 49.1. The van der Waals surface area contributed by atoms with Gasteiger partial charge < -0.3 is 20.4 Å². The first-order chi connectivity index (χ1) is 19.2. The van der Waals surface area contributed by atoms with Crippen LogP contribution < -0.4 is 0 Å². The molecule has 6 aromatic carbocycles. The lowest BCUT2D eigenvalue weighted by molar-refractivity contribution is 0.465. The molecule has 0 aliphatic carbocycles. The summed E-state index contributed by atoms with van der Waals surface area (Å²) in [6.07, 6.45) is 0. The van der Waals surface area contributed by atoms with Crippen LogP contribution in [0.5, 0.6) is 23.0 Å². The van der Waals surface area contributed by atoms with E-state index in [0.29, 0.717) is 42.3 Å². The van der Waals surface area contributed by atoms with E-state index in [9.17, 15) is 20.4 Å². The summed E-state index contributed by atoms with van der Waals surface area (Å²) in [6.45, 7) is 3.84. The van der Waals surface area contributed by atoms with Crippen molar-refractivity contribution in [2.45, 2.75) is 13.8 Å². The molecule has 6 aromatic rings. The highest BCUT2D eigenvalue weighted by atomic mass is 79.9. The van der Waals surface area contributed by atoms with Gasteiger partial charge in [0.1, 0.15) is 23.0 Å². The number of halogens is 2. The molecule has 0 heterocycles. The Hall–Kier alpha value is -4.00. The molecule has 0 amide bonds. The van der Waals surface area contributed by atoms with Crippen LogP contribution in [-0.4, -0.2) is 20.4 Å². The second-order valence-corrected chi connectivity index (χ2v) is 11.7. The number of fused-ring (bicyclic) bond motifs is 2. The van der Waals surface area contributed by atoms with Gasteiger partial charge in [-0.05, 0) is 115 Å². The maximum Gasteiger partial charge on any atom is 0.137 e. The minimum atomic E-state index is -0.0706. The lowest BCUT2D eigenvalue weighted by Crippen LogP contribution is -1.93. The Balaban J connectivity index is 1.79. The van der Waals surface area contributed by atoms with Crippen LogP contribution in [-0.2, 0) is 0 Å². The molecule has 4 N–H and O–H groups in total. The zero-order chi connectivity index (χ0) is 28.3. The van der Waals surface area contributed by atoms with E-state index in [4.69, 9.17) is 0 Å². The smallest absolute Gasteiger partial charge is 0.137 e. The van der Waals surface area contributed by atoms with Gasteiger partial charge in [-0.15, -0.1) is 0 Å². The fourth-order valence-electron chi connectivity index (χ4n) is 5.47. The largest absolute Gasteiger partial charge is 0.507 e. The number of rotatable bonds is 3. The average molecular weight is 656 g/mol. The Morgan fingerprint density at radius 2 is 0.800 bits per heavy atom. The summed E-state index contributed by atoms with van der Waals surface area (Å²) < 4.78 is 1.04. The Kier molecular flexibility index (Phi) is 6.48. The maximum absolute atomic E-state index is 12.0. The SMILES string of the molecule is Cc1cc(Br)c(O)c(-c2cc3ccccc3c(-c3c(O)c(-c4cc(C)cc(Br)c4O)cc4ccccc34)c2O)c1. The molecule has 6 heteroatoms. The monoisotopic (exact) mass is 654 g/mol. The van der Waals surface area contributed by atoms with Gasteiger partial charge in [0.15, 0.2) is 0 Å². The molecule has 4 nitrogen and oxygen atoms in total. The van der Waals surface area contributed by atoms with E-state index in [1.165, 1.54) is 0 Å². The fourth-order valence-corrected chi connectivity index (χ4v) is 6.62. The van der Waals surface area contributed by atoms with Gasteiger partial charge in [0.2, 0.25) is 0 Å². The first kappa shape index (κ1) is 26.2. The number of phenolic OH excluding ortho intramolecular Hbond substituents is 4. The van der Waals surface area contributed by atoms with Gasteiger partial charge >= 0.3 is 0 Å². The number of benzene rings is 6. The number of phenols is 4. The van der Waals surface area contributed by atoms with Gasteiger partial charge in [-0.3, -0.25) is 0 Å². The molecule has 0 saturated heterocycles. The third kappa shape index (κ3) is 4.19. The first-order valence-electron chi connectivity index (χ1n) is 12.6. The molecule has 0 spiro atoms. The molecule has 40 heavy (non-hydrogen) atoms. The summed E-state index contributed by atoms with van der Waals surface area (Å²) >= 11 is 6.86. The van der Waals surface area contributed by atoms with E-state index < -0.39 is 0 Å². The van der Waals surface area contributed by atoms with Gasteiger partial charge in [0.25, 0.3) is 0 Å². The van der Waals surface area contributed by atoms with Crippen molar-refractivity contribution in [2.75, 3.05) is 0 Å². The van der Waals surface area contributed by atoms with Crippen molar-refractivity contribution in [1.29, 1.82) is 0 Å². The van der Waals surface area contributed by atoms with Crippen molar-refractivity contribution in [2.24, 2.45) is 0 Å². The Morgan fingerprint density at radius 1 is 0.450 bits per heavy atom. The molecule has 0 fully saturated rings. The molecule has 0 atom stereocenters. The van der Waals surface area contributed by atoms with Crippen LogP contribution in [0.2, 0.25) is 0 Å². The number of aromatic hydroxyl groups is 4. The Labute approximate surface area is 248 Å². The van der Waals surface area contributed by atoms with E-state index in [1.54, 1.807) is 0 Å². The lowest BCUT2D eigenvalue weighted by atomic mass is 9.86. The van der Waals surface area contributed by atoms with E-state index in [0.717, 1.165) is 32.7 Å². The molecular weight excluding hydrogens is 632 g/mol. The van der Waals surface area contributed by atoms with Crippen LogP contribution in [0.15, 0.2) is 93.9 Å². The molecule has 0 aliphatic heterocycles. The molecule has 6 rings (SSSR count). The van der Waals surface area contributed by atoms with E-state index in [1.807, 2.05) is 98.8 Å². The zero-order valence-electron chi connectivity index (χ0n) is 21.6. The summed E-state index contributed by atoms with van der Waals surface area (Å²) in [4.78, 5) is 0. The second kappa shape index (κ2) is 9.88. The summed E-state index contributed by atoms with van der Waals surface area (Å²) in [5.74, 6) is -0.114. The van der Waals surface area contributed by atoms with Crippen LogP contribution in [0.3, 0.4) is 0 Å². The summed E-state index contributed by atoms with van der Waals surface area (Å²) in [7, 11) is 0. The Bertz CT molecular complexity index is 1850.